The van der Waals surface area contributed by atoms with Crippen molar-refractivity contribution in [3.8, 4) is 11.8 Å². The van der Waals surface area contributed by atoms with Crippen LogP contribution in [-0.4, -0.2) is 9.55 Å². The van der Waals surface area contributed by atoms with E-state index in [4.69, 9.17) is 22.4 Å². The summed E-state index contributed by atoms with van der Waals surface area (Å²) in [7, 11) is 0. The molecular formula is C10H4ClFN6. The maximum atomic E-state index is 12.8. The zero-order chi connectivity index (χ0) is 13.1. The van der Waals surface area contributed by atoms with Crippen molar-refractivity contribution in [2.45, 2.75) is 0 Å². The predicted molar refractivity (Wildman–Crippen MR) is 62.1 cm³/mol. The highest BCUT2D eigenvalue weighted by atomic mass is 35.5. The third-order valence-corrected chi connectivity index (χ3v) is 2.41. The molecule has 1 heterocycles. The highest BCUT2D eigenvalue weighted by Crippen LogP contribution is 2.26. The Labute approximate surface area is 105 Å². The van der Waals surface area contributed by atoms with Gasteiger partial charge in [-0.1, -0.05) is 11.6 Å². The summed E-state index contributed by atoms with van der Waals surface area (Å²) in [6, 6.07) is 7.11. The lowest BCUT2D eigenvalue weighted by atomic mass is 10.3. The second-order valence-electron chi connectivity index (χ2n) is 3.16. The van der Waals surface area contributed by atoms with Gasteiger partial charge in [0.1, 0.15) is 11.9 Å². The van der Waals surface area contributed by atoms with E-state index < -0.39 is 5.82 Å². The summed E-state index contributed by atoms with van der Waals surface area (Å²) < 4.78 is 14.1. The van der Waals surface area contributed by atoms with E-state index in [0.29, 0.717) is 5.69 Å². The molecule has 0 bridgehead atoms. The molecule has 0 aliphatic heterocycles. The van der Waals surface area contributed by atoms with Gasteiger partial charge in [-0.25, -0.2) is 9.37 Å². The van der Waals surface area contributed by atoms with Gasteiger partial charge in [0.2, 0.25) is 5.95 Å². The van der Waals surface area contributed by atoms with Gasteiger partial charge in [0, 0.05) is 10.6 Å². The number of halogens is 2. The third kappa shape index (κ3) is 1.98. The molecule has 18 heavy (non-hydrogen) atoms. The summed E-state index contributed by atoms with van der Waals surface area (Å²) in [5.41, 5.74) is 8.87. The number of hydrogen-bond acceptors (Lipinski definition) is 3. The third-order valence-electron chi connectivity index (χ3n) is 2.14. The Balaban J connectivity index is 2.72. The van der Waals surface area contributed by atoms with Gasteiger partial charge in [-0.2, -0.15) is 5.26 Å². The second-order valence-corrected chi connectivity index (χ2v) is 3.52. The van der Waals surface area contributed by atoms with E-state index in [1.54, 1.807) is 0 Å². The Kier molecular flexibility index (Phi) is 3.15. The topological polar surface area (TPSA) is 90.4 Å². The molecule has 0 saturated carbocycles. The average molecular weight is 263 g/mol. The van der Waals surface area contributed by atoms with Gasteiger partial charge in [0.25, 0.3) is 0 Å². The SMILES string of the molecule is N#Cc1c(Cl)nc(N=[N+]=[N-])n1-c1ccc(F)cc1. The summed E-state index contributed by atoms with van der Waals surface area (Å²) >= 11 is 5.76. The standard InChI is InChI=1S/C10H4ClFN6/c11-9-8(5-13)18(10(15-9)16-17-14)7-3-1-6(12)2-4-7/h1-4H. The molecule has 0 aliphatic carbocycles. The maximum absolute atomic E-state index is 12.8. The van der Waals surface area contributed by atoms with Crippen LogP contribution < -0.4 is 0 Å². The lowest BCUT2D eigenvalue weighted by Gasteiger charge is -2.05. The van der Waals surface area contributed by atoms with Gasteiger partial charge in [-0.05, 0) is 34.9 Å². The second kappa shape index (κ2) is 4.75. The van der Waals surface area contributed by atoms with Crippen LogP contribution in [0.1, 0.15) is 5.69 Å². The van der Waals surface area contributed by atoms with Crippen molar-refractivity contribution in [2.24, 2.45) is 5.11 Å². The fraction of sp³-hybridized carbons (Fsp3) is 0. The number of aromatic nitrogens is 2. The average Bonchev–Trinajstić information content (AvgIpc) is 2.67. The molecule has 0 N–H and O–H groups in total. The molecule has 2 aromatic rings. The van der Waals surface area contributed by atoms with Crippen LogP contribution in [0.25, 0.3) is 16.1 Å². The molecule has 0 aliphatic rings. The highest BCUT2D eigenvalue weighted by Gasteiger charge is 2.16. The molecule has 0 atom stereocenters. The van der Waals surface area contributed by atoms with Gasteiger partial charge in [-0.3, -0.25) is 4.57 Å². The minimum atomic E-state index is -0.422. The zero-order valence-corrected chi connectivity index (χ0v) is 9.50. The minimum absolute atomic E-state index is 0.0191. The number of azide groups is 1. The van der Waals surface area contributed by atoms with E-state index in [2.05, 4.69) is 15.0 Å². The highest BCUT2D eigenvalue weighted by molar-refractivity contribution is 6.30. The first-order valence-corrected chi connectivity index (χ1v) is 5.04. The van der Waals surface area contributed by atoms with E-state index in [-0.39, 0.29) is 16.8 Å². The molecule has 1 aromatic carbocycles. The number of imidazole rings is 1. The molecule has 6 nitrogen and oxygen atoms in total. The van der Waals surface area contributed by atoms with Crippen LogP contribution in [-0.2, 0) is 0 Å². The predicted octanol–water partition coefficient (Wildman–Crippen LogP) is 3.48. The summed E-state index contributed by atoms with van der Waals surface area (Å²) in [4.78, 5) is 6.36. The largest absolute Gasteiger partial charge is 0.281 e. The zero-order valence-electron chi connectivity index (χ0n) is 8.75. The number of rotatable bonds is 2. The van der Waals surface area contributed by atoms with Crippen molar-refractivity contribution in [1.29, 1.82) is 5.26 Å². The van der Waals surface area contributed by atoms with E-state index in [0.717, 1.165) is 0 Å². The smallest absolute Gasteiger partial charge is 0.204 e. The first-order chi connectivity index (χ1) is 8.67. The monoisotopic (exact) mass is 262 g/mol. The Morgan fingerprint density at radius 3 is 2.67 bits per heavy atom. The van der Waals surface area contributed by atoms with Gasteiger partial charge < -0.3 is 0 Å². The molecule has 88 valence electrons. The summed E-state index contributed by atoms with van der Waals surface area (Å²) in [6.07, 6.45) is 0. The molecule has 0 amide bonds. The van der Waals surface area contributed by atoms with Gasteiger partial charge in [0.15, 0.2) is 10.8 Å². The van der Waals surface area contributed by atoms with Crippen LogP contribution in [0.15, 0.2) is 29.4 Å². The van der Waals surface area contributed by atoms with Crippen molar-refractivity contribution in [3.63, 3.8) is 0 Å². The van der Waals surface area contributed by atoms with E-state index >= 15 is 0 Å². The molecular weight excluding hydrogens is 259 g/mol. The van der Waals surface area contributed by atoms with Crippen LogP contribution in [0.3, 0.4) is 0 Å². The number of benzene rings is 1. The van der Waals surface area contributed by atoms with E-state index in [1.807, 2.05) is 6.07 Å². The lowest BCUT2D eigenvalue weighted by molar-refractivity contribution is 0.627. The Morgan fingerprint density at radius 1 is 1.44 bits per heavy atom. The molecule has 0 unspecified atom stereocenters. The fourth-order valence-electron chi connectivity index (χ4n) is 1.42. The summed E-state index contributed by atoms with van der Waals surface area (Å²) in [5.74, 6) is -0.500. The fourth-order valence-corrected chi connectivity index (χ4v) is 1.62. The van der Waals surface area contributed by atoms with E-state index in [1.165, 1.54) is 28.8 Å². The molecule has 0 fully saturated rings. The quantitative estimate of drug-likeness (QED) is 0.471. The van der Waals surface area contributed by atoms with Crippen LogP contribution in [0.2, 0.25) is 5.15 Å². The van der Waals surface area contributed by atoms with Crippen molar-refractivity contribution < 1.29 is 4.39 Å². The van der Waals surface area contributed by atoms with Crippen LogP contribution >= 0.6 is 11.6 Å². The van der Waals surface area contributed by atoms with Crippen molar-refractivity contribution in [1.82, 2.24) is 9.55 Å². The van der Waals surface area contributed by atoms with Crippen molar-refractivity contribution >= 4 is 17.5 Å². The van der Waals surface area contributed by atoms with Gasteiger partial charge >= 0.3 is 0 Å². The minimum Gasteiger partial charge on any atom is -0.281 e. The number of nitrogens with zero attached hydrogens (tertiary/aromatic N) is 6. The molecule has 0 radical (unpaired) electrons. The van der Waals surface area contributed by atoms with Gasteiger partial charge in [0.05, 0.1) is 0 Å². The van der Waals surface area contributed by atoms with Crippen LogP contribution in [0.4, 0.5) is 10.3 Å². The Bertz CT molecular complexity index is 678. The Hall–Kier alpha value is -2.55. The first-order valence-electron chi connectivity index (χ1n) is 4.66. The maximum Gasteiger partial charge on any atom is 0.204 e. The van der Waals surface area contributed by atoms with Crippen molar-refractivity contribution in [2.75, 3.05) is 0 Å². The molecule has 1 aromatic heterocycles. The van der Waals surface area contributed by atoms with Crippen LogP contribution in [0, 0.1) is 17.1 Å². The van der Waals surface area contributed by atoms with Gasteiger partial charge in [-0.15, -0.1) is 0 Å². The molecule has 2 rings (SSSR count). The first kappa shape index (κ1) is 11.9. The summed E-state index contributed by atoms with van der Waals surface area (Å²) in [5, 5.41) is 12.3. The number of nitriles is 1. The normalized spacial score (nSPS) is 9.61. The molecule has 8 heteroatoms. The van der Waals surface area contributed by atoms with Crippen molar-refractivity contribution in [3.05, 3.63) is 51.4 Å². The summed E-state index contributed by atoms with van der Waals surface area (Å²) in [6.45, 7) is 0. The van der Waals surface area contributed by atoms with E-state index in [9.17, 15) is 4.39 Å². The molecule has 0 spiro atoms. The Morgan fingerprint density at radius 2 is 2.11 bits per heavy atom. The molecule has 0 saturated heterocycles. The lowest BCUT2D eigenvalue weighted by Crippen LogP contribution is -1.96. The van der Waals surface area contributed by atoms with Crippen LogP contribution in [0.5, 0.6) is 0 Å². The number of hydrogen-bond donors (Lipinski definition) is 0.